The van der Waals surface area contributed by atoms with E-state index < -0.39 is 0 Å². The molecule has 0 bridgehead atoms. The molecular weight excluding hydrogens is 254 g/mol. The summed E-state index contributed by atoms with van der Waals surface area (Å²) in [5.74, 6) is 0.0438. The van der Waals surface area contributed by atoms with E-state index in [1.54, 1.807) is 6.20 Å². The van der Waals surface area contributed by atoms with Crippen molar-refractivity contribution in [3.8, 4) is 0 Å². The van der Waals surface area contributed by atoms with Gasteiger partial charge in [-0.2, -0.15) is 0 Å². The SMILES string of the molecule is CNc1cc(C)ncc1C(=O)N1CCCC1CCCO. The van der Waals surface area contributed by atoms with E-state index in [0.717, 1.165) is 43.6 Å². The fourth-order valence-electron chi connectivity index (χ4n) is 2.82. The fourth-order valence-corrected chi connectivity index (χ4v) is 2.82. The molecule has 1 aromatic heterocycles. The minimum atomic E-state index is 0.0438. The number of aliphatic hydroxyl groups is 1. The highest BCUT2D eigenvalue weighted by Gasteiger charge is 2.30. The first-order valence-corrected chi connectivity index (χ1v) is 7.23. The van der Waals surface area contributed by atoms with Gasteiger partial charge in [0.2, 0.25) is 0 Å². The zero-order valence-corrected chi connectivity index (χ0v) is 12.2. The fraction of sp³-hybridized carbons (Fsp3) is 0.600. The average molecular weight is 277 g/mol. The zero-order valence-electron chi connectivity index (χ0n) is 12.2. The van der Waals surface area contributed by atoms with Gasteiger partial charge in [0.25, 0.3) is 5.91 Å². The number of likely N-dealkylation sites (tertiary alicyclic amines) is 1. The smallest absolute Gasteiger partial charge is 0.257 e. The molecule has 5 heteroatoms. The van der Waals surface area contributed by atoms with Crippen LogP contribution in [0.1, 0.15) is 41.7 Å². The molecule has 1 aliphatic heterocycles. The molecular formula is C15H23N3O2. The molecule has 0 saturated carbocycles. The van der Waals surface area contributed by atoms with Gasteiger partial charge in [-0.15, -0.1) is 0 Å². The van der Waals surface area contributed by atoms with Crippen LogP contribution in [0.5, 0.6) is 0 Å². The number of nitrogens with one attached hydrogen (secondary N) is 1. The molecule has 0 aromatic carbocycles. The topological polar surface area (TPSA) is 65.5 Å². The van der Waals surface area contributed by atoms with Gasteiger partial charge in [-0.25, -0.2) is 0 Å². The van der Waals surface area contributed by atoms with Crippen molar-refractivity contribution in [2.45, 2.75) is 38.6 Å². The third-order valence-corrected chi connectivity index (χ3v) is 3.87. The van der Waals surface area contributed by atoms with Crippen LogP contribution in [0.25, 0.3) is 0 Å². The predicted molar refractivity (Wildman–Crippen MR) is 78.9 cm³/mol. The van der Waals surface area contributed by atoms with Gasteiger partial charge in [-0.1, -0.05) is 0 Å². The highest BCUT2D eigenvalue weighted by atomic mass is 16.3. The van der Waals surface area contributed by atoms with Crippen molar-refractivity contribution >= 4 is 11.6 Å². The summed E-state index contributed by atoms with van der Waals surface area (Å²) in [7, 11) is 1.82. The maximum Gasteiger partial charge on any atom is 0.257 e. The lowest BCUT2D eigenvalue weighted by atomic mass is 10.1. The average Bonchev–Trinajstić information content (AvgIpc) is 2.92. The Kier molecular flexibility index (Phi) is 4.95. The van der Waals surface area contributed by atoms with E-state index in [2.05, 4.69) is 10.3 Å². The van der Waals surface area contributed by atoms with Crippen LogP contribution in [0.4, 0.5) is 5.69 Å². The van der Waals surface area contributed by atoms with E-state index in [4.69, 9.17) is 5.11 Å². The first-order chi connectivity index (χ1) is 9.67. The summed E-state index contributed by atoms with van der Waals surface area (Å²) in [6.45, 7) is 2.90. The van der Waals surface area contributed by atoms with Crippen molar-refractivity contribution in [2.24, 2.45) is 0 Å². The second kappa shape index (κ2) is 6.70. The van der Waals surface area contributed by atoms with Crippen molar-refractivity contribution < 1.29 is 9.90 Å². The number of carbonyl (C=O) groups is 1. The molecule has 1 fully saturated rings. The van der Waals surface area contributed by atoms with Crippen LogP contribution in [0, 0.1) is 6.92 Å². The number of nitrogens with zero attached hydrogens (tertiary/aromatic N) is 2. The Morgan fingerprint density at radius 2 is 2.40 bits per heavy atom. The molecule has 5 nitrogen and oxygen atoms in total. The zero-order chi connectivity index (χ0) is 14.5. The van der Waals surface area contributed by atoms with E-state index in [9.17, 15) is 4.79 Å². The number of amides is 1. The highest BCUT2D eigenvalue weighted by Crippen LogP contribution is 2.26. The number of anilines is 1. The summed E-state index contributed by atoms with van der Waals surface area (Å²) in [6.07, 6.45) is 5.34. The molecule has 0 spiro atoms. The number of hydrogen-bond donors (Lipinski definition) is 2. The normalized spacial score (nSPS) is 18.4. The van der Waals surface area contributed by atoms with E-state index in [1.165, 1.54) is 0 Å². The number of carbonyl (C=O) groups excluding carboxylic acids is 1. The Morgan fingerprint density at radius 1 is 1.60 bits per heavy atom. The number of pyridine rings is 1. The largest absolute Gasteiger partial charge is 0.396 e. The molecule has 0 radical (unpaired) electrons. The molecule has 2 N–H and O–H groups in total. The second-order valence-corrected chi connectivity index (χ2v) is 5.28. The van der Waals surface area contributed by atoms with Gasteiger partial charge < -0.3 is 15.3 Å². The summed E-state index contributed by atoms with van der Waals surface area (Å²) in [4.78, 5) is 18.9. The van der Waals surface area contributed by atoms with E-state index >= 15 is 0 Å². The van der Waals surface area contributed by atoms with Crippen molar-refractivity contribution in [2.75, 3.05) is 25.5 Å². The van der Waals surface area contributed by atoms with Gasteiger partial charge >= 0.3 is 0 Å². The van der Waals surface area contributed by atoms with Gasteiger partial charge in [0, 0.05) is 38.1 Å². The Labute approximate surface area is 120 Å². The molecule has 2 heterocycles. The minimum Gasteiger partial charge on any atom is -0.396 e. The molecule has 1 aliphatic rings. The van der Waals surface area contributed by atoms with Crippen molar-refractivity contribution in [3.05, 3.63) is 23.5 Å². The van der Waals surface area contributed by atoms with Gasteiger partial charge in [-0.3, -0.25) is 9.78 Å². The third-order valence-electron chi connectivity index (χ3n) is 3.87. The van der Waals surface area contributed by atoms with E-state index in [0.29, 0.717) is 5.56 Å². The minimum absolute atomic E-state index is 0.0438. The molecule has 20 heavy (non-hydrogen) atoms. The number of rotatable bonds is 5. The lowest BCUT2D eigenvalue weighted by molar-refractivity contribution is 0.0725. The summed E-state index contributed by atoms with van der Waals surface area (Å²) >= 11 is 0. The molecule has 1 amide bonds. The number of aliphatic hydroxyl groups excluding tert-OH is 1. The molecule has 1 aromatic rings. The predicted octanol–water partition coefficient (Wildman–Crippen LogP) is 1.81. The summed E-state index contributed by atoms with van der Waals surface area (Å²) in [5, 5.41) is 12.0. The van der Waals surface area contributed by atoms with Gasteiger partial charge in [-0.05, 0) is 38.7 Å². The first kappa shape index (κ1) is 14.8. The highest BCUT2D eigenvalue weighted by molar-refractivity contribution is 5.99. The van der Waals surface area contributed by atoms with Crippen LogP contribution in [0.3, 0.4) is 0 Å². The lowest BCUT2D eigenvalue weighted by Gasteiger charge is -2.25. The Balaban J connectivity index is 2.17. The molecule has 2 rings (SSSR count). The van der Waals surface area contributed by atoms with Crippen LogP contribution in [0.15, 0.2) is 12.3 Å². The molecule has 110 valence electrons. The van der Waals surface area contributed by atoms with Crippen LogP contribution in [0.2, 0.25) is 0 Å². The summed E-state index contributed by atoms with van der Waals surface area (Å²) in [5.41, 5.74) is 2.36. The molecule has 1 unspecified atom stereocenters. The molecule has 1 saturated heterocycles. The van der Waals surface area contributed by atoms with E-state index in [-0.39, 0.29) is 18.6 Å². The molecule has 0 aliphatic carbocycles. The number of aromatic nitrogens is 1. The number of aryl methyl sites for hydroxylation is 1. The molecule has 1 atom stereocenters. The van der Waals surface area contributed by atoms with Gasteiger partial charge in [0.1, 0.15) is 0 Å². The monoisotopic (exact) mass is 277 g/mol. The standard InChI is InChI=1S/C15H23N3O2/c1-11-9-14(16-2)13(10-17-11)15(20)18-7-3-5-12(18)6-4-8-19/h9-10,12,19H,3-8H2,1-2H3,(H,16,17). The Hall–Kier alpha value is -1.62. The Bertz CT molecular complexity index is 476. The number of hydrogen-bond acceptors (Lipinski definition) is 4. The van der Waals surface area contributed by atoms with Crippen LogP contribution in [-0.2, 0) is 0 Å². The first-order valence-electron chi connectivity index (χ1n) is 7.23. The van der Waals surface area contributed by atoms with Crippen LogP contribution in [-0.4, -0.2) is 47.1 Å². The van der Waals surface area contributed by atoms with Crippen molar-refractivity contribution in [1.29, 1.82) is 0 Å². The van der Waals surface area contributed by atoms with Gasteiger partial charge in [0.15, 0.2) is 0 Å². The lowest BCUT2D eigenvalue weighted by Crippen LogP contribution is -2.36. The maximum atomic E-state index is 12.7. The Morgan fingerprint density at radius 3 is 3.10 bits per heavy atom. The summed E-state index contributed by atoms with van der Waals surface area (Å²) < 4.78 is 0. The van der Waals surface area contributed by atoms with Crippen LogP contribution >= 0.6 is 0 Å². The van der Waals surface area contributed by atoms with Gasteiger partial charge in [0.05, 0.1) is 11.3 Å². The summed E-state index contributed by atoms with van der Waals surface area (Å²) in [6, 6.07) is 2.15. The quantitative estimate of drug-likeness (QED) is 0.861. The third kappa shape index (κ3) is 3.10. The van der Waals surface area contributed by atoms with E-state index in [1.807, 2.05) is 24.9 Å². The van der Waals surface area contributed by atoms with Crippen LogP contribution < -0.4 is 5.32 Å². The second-order valence-electron chi connectivity index (χ2n) is 5.28. The maximum absolute atomic E-state index is 12.7. The van der Waals surface area contributed by atoms with Crippen molar-refractivity contribution in [3.63, 3.8) is 0 Å². The van der Waals surface area contributed by atoms with Crippen molar-refractivity contribution in [1.82, 2.24) is 9.88 Å².